The maximum atomic E-state index is 11.6. The van der Waals surface area contributed by atoms with Crippen LogP contribution < -0.4 is 11.1 Å². The molecule has 0 fully saturated rings. The number of nitrogens with two attached hydrogens (primary N) is 1. The zero-order valence-electron chi connectivity index (χ0n) is 9.19. The van der Waals surface area contributed by atoms with Gasteiger partial charge < -0.3 is 16.2 Å². The second kappa shape index (κ2) is 5.51. The predicted octanol–water partition coefficient (Wildman–Crippen LogP) is 0.569. The zero-order chi connectivity index (χ0) is 12.2. The van der Waals surface area contributed by atoms with Crippen LogP contribution in [0.2, 0.25) is 0 Å². The average molecular weight is 261 g/mol. The lowest BCUT2D eigenvalue weighted by molar-refractivity contribution is 0.0723. The van der Waals surface area contributed by atoms with Crippen LogP contribution in [0.25, 0.3) is 0 Å². The maximum Gasteiger partial charge on any atom is 0.270 e. The topological polar surface area (TPSA) is 88.2 Å². The predicted molar refractivity (Wildman–Crippen MR) is 67.9 cm³/mol. The highest BCUT2D eigenvalue weighted by atomic mass is 32.2. The van der Waals surface area contributed by atoms with Gasteiger partial charge in [0, 0.05) is 17.7 Å². The van der Waals surface area contributed by atoms with Gasteiger partial charge in [-0.3, -0.25) is 4.79 Å². The van der Waals surface area contributed by atoms with Crippen LogP contribution in [0.15, 0.2) is 5.38 Å². The van der Waals surface area contributed by atoms with Gasteiger partial charge in [-0.25, -0.2) is 4.98 Å². The minimum atomic E-state index is -0.906. The van der Waals surface area contributed by atoms with Gasteiger partial charge in [-0.2, -0.15) is 11.8 Å². The van der Waals surface area contributed by atoms with Gasteiger partial charge >= 0.3 is 0 Å². The summed E-state index contributed by atoms with van der Waals surface area (Å²) in [4.78, 5) is 15.4. The molecule has 1 atom stereocenters. The Hall–Kier alpha value is -0.790. The standard InChI is InChI=1S/C9H15N3O2S2/c1-9(14,5-15-2)4-11-7(13)6-3-16-8(10)12-6/h3,14H,4-5H2,1-2H3,(H2,10,12)(H,11,13). The second-order valence-electron chi connectivity index (χ2n) is 3.68. The smallest absolute Gasteiger partial charge is 0.270 e. The van der Waals surface area contributed by atoms with E-state index in [-0.39, 0.29) is 12.5 Å². The van der Waals surface area contributed by atoms with E-state index in [1.807, 2.05) is 6.26 Å². The van der Waals surface area contributed by atoms with Crippen molar-refractivity contribution in [2.45, 2.75) is 12.5 Å². The summed E-state index contributed by atoms with van der Waals surface area (Å²) in [6.45, 7) is 1.88. The lowest BCUT2D eigenvalue weighted by Gasteiger charge is -2.22. The van der Waals surface area contributed by atoms with E-state index in [0.717, 1.165) is 0 Å². The number of nitrogen functional groups attached to an aromatic ring is 1. The molecule has 1 heterocycles. The molecule has 0 saturated heterocycles. The van der Waals surface area contributed by atoms with Crippen LogP contribution in [0.4, 0.5) is 5.13 Å². The first-order chi connectivity index (χ1) is 7.44. The third-order valence-electron chi connectivity index (χ3n) is 1.84. The maximum absolute atomic E-state index is 11.6. The monoisotopic (exact) mass is 261 g/mol. The fourth-order valence-electron chi connectivity index (χ4n) is 1.12. The Morgan fingerprint density at radius 1 is 1.81 bits per heavy atom. The van der Waals surface area contributed by atoms with Crippen molar-refractivity contribution in [1.29, 1.82) is 0 Å². The lowest BCUT2D eigenvalue weighted by Crippen LogP contribution is -2.42. The number of amides is 1. The van der Waals surface area contributed by atoms with Crippen molar-refractivity contribution in [3.05, 3.63) is 11.1 Å². The van der Waals surface area contributed by atoms with Crippen molar-refractivity contribution in [3.63, 3.8) is 0 Å². The van der Waals surface area contributed by atoms with Gasteiger partial charge in [0.15, 0.2) is 5.13 Å². The third kappa shape index (κ3) is 3.99. The molecular formula is C9H15N3O2S2. The lowest BCUT2D eigenvalue weighted by atomic mass is 10.1. The fraction of sp³-hybridized carbons (Fsp3) is 0.556. The Labute approximate surface area is 102 Å². The normalized spacial score (nSPS) is 14.4. The van der Waals surface area contributed by atoms with E-state index in [0.29, 0.717) is 16.6 Å². The van der Waals surface area contributed by atoms with Crippen molar-refractivity contribution in [3.8, 4) is 0 Å². The number of thiazole rings is 1. The van der Waals surface area contributed by atoms with Gasteiger partial charge in [0.05, 0.1) is 5.60 Å². The molecular weight excluding hydrogens is 246 g/mol. The van der Waals surface area contributed by atoms with Crippen LogP contribution in [0, 0.1) is 0 Å². The number of aliphatic hydroxyl groups is 1. The fourth-order valence-corrected chi connectivity index (χ4v) is 2.38. The highest BCUT2D eigenvalue weighted by Gasteiger charge is 2.21. The summed E-state index contributed by atoms with van der Waals surface area (Å²) in [6.07, 6.45) is 1.90. The van der Waals surface area contributed by atoms with Crippen LogP contribution in [0.3, 0.4) is 0 Å². The average Bonchev–Trinajstić information content (AvgIpc) is 2.61. The van der Waals surface area contributed by atoms with E-state index >= 15 is 0 Å². The van der Waals surface area contributed by atoms with Crippen molar-refractivity contribution >= 4 is 34.1 Å². The Bertz CT molecular complexity index is 365. The largest absolute Gasteiger partial charge is 0.387 e. The van der Waals surface area contributed by atoms with E-state index in [1.165, 1.54) is 23.1 Å². The minimum absolute atomic E-state index is 0.199. The van der Waals surface area contributed by atoms with Gasteiger partial charge in [-0.15, -0.1) is 11.3 Å². The molecule has 1 unspecified atom stereocenters. The van der Waals surface area contributed by atoms with Crippen molar-refractivity contribution in [2.24, 2.45) is 0 Å². The number of hydrogen-bond acceptors (Lipinski definition) is 6. The summed E-state index contributed by atoms with van der Waals surface area (Å²) >= 11 is 2.74. The van der Waals surface area contributed by atoms with Crippen molar-refractivity contribution < 1.29 is 9.90 Å². The number of carbonyl (C=O) groups excluding carboxylic acids is 1. The molecule has 0 aliphatic rings. The van der Waals surface area contributed by atoms with Crippen molar-refractivity contribution in [2.75, 3.05) is 24.3 Å². The second-order valence-corrected chi connectivity index (χ2v) is 5.44. The molecule has 1 amide bonds. The number of thioether (sulfide) groups is 1. The number of anilines is 1. The first-order valence-electron chi connectivity index (χ1n) is 4.65. The van der Waals surface area contributed by atoms with Crippen LogP contribution >= 0.6 is 23.1 Å². The highest BCUT2D eigenvalue weighted by molar-refractivity contribution is 7.98. The van der Waals surface area contributed by atoms with Crippen molar-refractivity contribution in [1.82, 2.24) is 10.3 Å². The Morgan fingerprint density at radius 2 is 2.50 bits per heavy atom. The first-order valence-corrected chi connectivity index (χ1v) is 6.92. The van der Waals surface area contributed by atoms with Gasteiger partial charge in [-0.05, 0) is 13.2 Å². The molecule has 16 heavy (non-hydrogen) atoms. The summed E-state index contributed by atoms with van der Waals surface area (Å²) in [5, 5.41) is 14.4. The van der Waals surface area contributed by atoms with Gasteiger partial charge in [0.25, 0.3) is 5.91 Å². The number of hydrogen-bond donors (Lipinski definition) is 3. The molecule has 90 valence electrons. The Balaban J connectivity index is 2.47. The van der Waals surface area contributed by atoms with E-state index in [9.17, 15) is 9.90 Å². The number of aromatic nitrogens is 1. The molecule has 5 nitrogen and oxygen atoms in total. The van der Waals surface area contributed by atoms with Crippen LogP contribution in [0.5, 0.6) is 0 Å². The van der Waals surface area contributed by atoms with Crippen LogP contribution in [0.1, 0.15) is 17.4 Å². The summed E-state index contributed by atoms with van der Waals surface area (Å²) in [7, 11) is 0. The number of nitrogens with zero attached hydrogens (tertiary/aromatic N) is 1. The van der Waals surface area contributed by atoms with Gasteiger partial charge in [0.1, 0.15) is 5.69 Å². The molecule has 4 N–H and O–H groups in total. The molecule has 0 radical (unpaired) electrons. The number of nitrogens with one attached hydrogen (secondary N) is 1. The number of carbonyl (C=O) groups is 1. The minimum Gasteiger partial charge on any atom is -0.387 e. The molecule has 0 saturated carbocycles. The molecule has 1 aromatic heterocycles. The molecule has 0 aromatic carbocycles. The molecule has 1 rings (SSSR count). The molecule has 0 aliphatic carbocycles. The number of rotatable bonds is 5. The van der Waals surface area contributed by atoms with E-state index in [2.05, 4.69) is 10.3 Å². The Morgan fingerprint density at radius 3 is 3.00 bits per heavy atom. The van der Waals surface area contributed by atoms with Gasteiger partial charge in [0.2, 0.25) is 0 Å². The summed E-state index contributed by atoms with van der Waals surface area (Å²) < 4.78 is 0. The summed E-state index contributed by atoms with van der Waals surface area (Å²) in [5.74, 6) is 0.251. The summed E-state index contributed by atoms with van der Waals surface area (Å²) in [5.41, 5.74) is 4.81. The van der Waals surface area contributed by atoms with E-state index in [1.54, 1.807) is 12.3 Å². The molecule has 0 bridgehead atoms. The summed E-state index contributed by atoms with van der Waals surface area (Å²) in [6, 6.07) is 0. The molecule has 0 spiro atoms. The van der Waals surface area contributed by atoms with Crippen LogP contribution in [-0.2, 0) is 0 Å². The SMILES string of the molecule is CSCC(C)(O)CNC(=O)c1csc(N)n1. The Kier molecular flexibility index (Phi) is 4.57. The quantitative estimate of drug-likeness (QED) is 0.721. The first kappa shape index (κ1) is 13.3. The molecule has 1 aromatic rings. The third-order valence-corrected chi connectivity index (χ3v) is 3.42. The van der Waals surface area contributed by atoms with Crippen LogP contribution in [-0.4, -0.2) is 40.2 Å². The molecule has 7 heteroatoms. The van der Waals surface area contributed by atoms with E-state index < -0.39 is 5.60 Å². The zero-order valence-corrected chi connectivity index (χ0v) is 10.8. The molecule has 0 aliphatic heterocycles. The van der Waals surface area contributed by atoms with Gasteiger partial charge in [-0.1, -0.05) is 0 Å². The highest BCUT2D eigenvalue weighted by Crippen LogP contribution is 2.12. The van der Waals surface area contributed by atoms with E-state index in [4.69, 9.17) is 5.73 Å².